The van der Waals surface area contributed by atoms with Gasteiger partial charge in [-0.05, 0) is 48.5 Å². The molecule has 0 saturated carbocycles. The maximum Gasteiger partial charge on any atom is 0.128 e. The first-order chi connectivity index (χ1) is 14.4. The maximum absolute atomic E-state index is 5.71. The van der Waals surface area contributed by atoms with Gasteiger partial charge in [-0.15, -0.1) is 0 Å². The highest BCUT2D eigenvalue weighted by Gasteiger charge is 2.08. The molecule has 2 aromatic rings. The Balaban J connectivity index is 1.08. The number of rotatable bonds is 10. The third kappa shape index (κ3) is 5.48. The second kappa shape index (κ2) is 9.93. The fraction of sp³-hybridized carbons (Fsp3) is 0.364. The lowest BCUT2D eigenvalue weighted by atomic mass is 10.2. The van der Waals surface area contributed by atoms with Crippen molar-refractivity contribution < 1.29 is 14.2 Å². The summed E-state index contributed by atoms with van der Waals surface area (Å²) >= 11 is 0. The van der Waals surface area contributed by atoms with Gasteiger partial charge in [0.25, 0.3) is 0 Å². The van der Waals surface area contributed by atoms with Crippen LogP contribution in [0.25, 0.3) is 0 Å². The third-order valence-electron chi connectivity index (χ3n) is 4.60. The zero-order valence-corrected chi connectivity index (χ0v) is 16.4. The molecule has 2 heterocycles. The van der Waals surface area contributed by atoms with Crippen LogP contribution in [0.5, 0.6) is 11.5 Å². The number of ether oxygens (including phenoxy) is 3. The predicted octanol–water partition coefficient (Wildman–Crippen LogP) is 1.86. The molecule has 7 nitrogen and oxygen atoms in total. The molecule has 0 fully saturated rings. The van der Waals surface area contributed by atoms with Gasteiger partial charge in [0, 0.05) is 24.2 Å². The first kappa shape index (κ1) is 19.3. The van der Waals surface area contributed by atoms with Crippen LogP contribution in [-0.4, -0.2) is 64.3 Å². The largest absolute Gasteiger partial charge is 0.491 e. The molecule has 2 N–H and O–H groups in total. The Bertz CT molecular complexity index is 776. The number of nitrogens with zero attached hydrogens (tertiary/aromatic N) is 2. The van der Waals surface area contributed by atoms with Crippen molar-refractivity contribution in [3.05, 3.63) is 59.7 Å². The van der Waals surface area contributed by atoms with E-state index in [0.717, 1.165) is 60.5 Å². The summed E-state index contributed by atoms with van der Waals surface area (Å²) in [6.07, 6.45) is 0. The Morgan fingerprint density at radius 2 is 1.07 bits per heavy atom. The van der Waals surface area contributed by atoms with Crippen LogP contribution in [0.4, 0.5) is 0 Å². The molecule has 0 saturated heterocycles. The summed E-state index contributed by atoms with van der Waals surface area (Å²) in [5.41, 5.74) is 2.17. The summed E-state index contributed by atoms with van der Waals surface area (Å²) in [5, 5.41) is 6.52. The number of benzene rings is 2. The highest BCUT2D eigenvalue weighted by atomic mass is 16.5. The zero-order valence-electron chi connectivity index (χ0n) is 16.4. The topological polar surface area (TPSA) is 76.5 Å². The molecule has 0 radical (unpaired) electrons. The molecule has 0 bridgehead atoms. The lowest BCUT2D eigenvalue weighted by Crippen LogP contribution is -2.19. The molecule has 29 heavy (non-hydrogen) atoms. The van der Waals surface area contributed by atoms with Gasteiger partial charge in [0.15, 0.2) is 0 Å². The standard InChI is InChI=1S/C22H26N4O3/c1-5-19(6-2-17(1)21-23-9-10-24-21)28-15-13-27-14-16-29-20-7-3-18(4-8-20)22-25-11-12-26-22/h1-8H,9-16H2,(H,23,24)(H,25,26). The average molecular weight is 394 g/mol. The molecule has 0 unspecified atom stereocenters. The van der Waals surface area contributed by atoms with E-state index in [2.05, 4.69) is 20.6 Å². The van der Waals surface area contributed by atoms with Crippen molar-refractivity contribution in [2.24, 2.45) is 9.98 Å². The molecule has 2 aromatic carbocycles. The van der Waals surface area contributed by atoms with Gasteiger partial charge < -0.3 is 24.8 Å². The van der Waals surface area contributed by atoms with Gasteiger partial charge in [0.2, 0.25) is 0 Å². The van der Waals surface area contributed by atoms with E-state index in [4.69, 9.17) is 14.2 Å². The SMILES string of the molecule is c1cc(C2=NCCN2)ccc1OCCOCCOc1ccc(C2=NCCN2)cc1. The molecular weight excluding hydrogens is 368 g/mol. The van der Waals surface area contributed by atoms with E-state index in [1.54, 1.807) is 0 Å². The van der Waals surface area contributed by atoms with Crippen molar-refractivity contribution in [2.45, 2.75) is 0 Å². The van der Waals surface area contributed by atoms with Gasteiger partial charge in [-0.2, -0.15) is 0 Å². The van der Waals surface area contributed by atoms with Gasteiger partial charge in [-0.3, -0.25) is 9.98 Å². The Labute approximate surface area is 170 Å². The van der Waals surface area contributed by atoms with E-state index in [9.17, 15) is 0 Å². The molecule has 7 heteroatoms. The summed E-state index contributed by atoms with van der Waals surface area (Å²) < 4.78 is 17.0. The van der Waals surface area contributed by atoms with E-state index in [1.165, 1.54) is 0 Å². The van der Waals surface area contributed by atoms with Crippen molar-refractivity contribution in [2.75, 3.05) is 52.6 Å². The summed E-state index contributed by atoms with van der Waals surface area (Å²) in [6, 6.07) is 15.9. The van der Waals surface area contributed by atoms with Crippen LogP contribution in [-0.2, 0) is 4.74 Å². The number of amidine groups is 2. The van der Waals surface area contributed by atoms with Crippen LogP contribution in [0.3, 0.4) is 0 Å². The molecule has 0 aromatic heterocycles. The van der Waals surface area contributed by atoms with Gasteiger partial charge in [0.05, 0.1) is 26.3 Å². The summed E-state index contributed by atoms with van der Waals surface area (Å²) in [5.74, 6) is 3.57. The molecule has 0 spiro atoms. The quantitative estimate of drug-likeness (QED) is 0.602. The molecule has 0 amide bonds. The molecular formula is C22H26N4O3. The second-order valence-electron chi connectivity index (χ2n) is 6.67. The van der Waals surface area contributed by atoms with Crippen molar-refractivity contribution >= 4 is 11.7 Å². The minimum absolute atomic E-state index is 0.502. The minimum atomic E-state index is 0.502. The molecule has 2 aliphatic heterocycles. The fourth-order valence-electron chi connectivity index (χ4n) is 3.14. The van der Waals surface area contributed by atoms with E-state index in [-0.39, 0.29) is 0 Å². The zero-order chi connectivity index (χ0) is 19.7. The monoisotopic (exact) mass is 394 g/mol. The number of hydrogen-bond donors (Lipinski definition) is 2. The van der Waals surface area contributed by atoms with Crippen LogP contribution in [0, 0.1) is 0 Å². The Kier molecular flexibility index (Phi) is 6.60. The van der Waals surface area contributed by atoms with Crippen LogP contribution < -0.4 is 20.1 Å². The van der Waals surface area contributed by atoms with Crippen molar-refractivity contribution in [3.8, 4) is 11.5 Å². The average Bonchev–Trinajstić information content (AvgIpc) is 3.48. The second-order valence-corrected chi connectivity index (χ2v) is 6.67. The van der Waals surface area contributed by atoms with Crippen LogP contribution in [0.1, 0.15) is 11.1 Å². The highest BCUT2D eigenvalue weighted by molar-refractivity contribution is 6.00. The minimum Gasteiger partial charge on any atom is -0.491 e. The van der Waals surface area contributed by atoms with Crippen LogP contribution in [0.2, 0.25) is 0 Å². The first-order valence-electron chi connectivity index (χ1n) is 9.99. The Hall–Kier alpha value is -3.06. The number of nitrogens with one attached hydrogen (secondary N) is 2. The van der Waals surface area contributed by atoms with Crippen molar-refractivity contribution in [1.29, 1.82) is 0 Å². The smallest absolute Gasteiger partial charge is 0.128 e. The van der Waals surface area contributed by atoms with Gasteiger partial charge in [-0.1, -0.05) is 0 Å². The third-order valence-corrected chi connectivity index (χ3v) is 4.60. The first-order valence-corrected chi connectivity index (χ1v) is 9.99. The van der Waals surface area contributed by atoms with Crippen LogP contribution in [0.15, 0.2) is 58.5 Å². The Morgan fingerprint density at radius 1 is 0.621 bits per heavy atom. The predicted molar refractivity (Wildman–Crippen MR) is 114 cm³/mol. The molecule has 4 rings (SSSR count). The van der Waals surface area contributed by atoms with Gasteiger partial charge >= 0.3 is 0 Å². The summed E-state index contributed by atoms with van der Waals surface area (Å²) in [4.78, 5) is 8.82. The summed E-state index contributed by atoms with van der Waals surface area (Å²) in [7, 11) is 0. The Morgan fingerprint density at radius 3 is 1.45 bits per heavy atom. The van der Waals surface area contributed by atoms with Crippen molar-refractivity contribution in [3.63, 3.8) is 0 Å². The summed E-state index contributed by atoms with van der Waals surface area (Å²) in [6.45, 7) is 5.54. The van der Waals surface area contributed by atoms with E-state index in [1.807, 2.05) is 48.5 Å². The molecule has 2 aliphatic rings. The fourth-order valence-corrected chi connectivity index (χ4v) is 3.14. The highest BCUT2D eigenvalue weighted by Crippen LogP contribution is 2.14. The number of aliphatic imine (C=N–C) groups is 2. The maximum atomic E-state index is 5.71. The van der Waals surface area contributed by atoms with E-state index >= 15 is 0 Å². The molecule has 0 aliphatic carbocycles. The normalized spacial score (nSPS) is 15.3. The molecule has 152 valence electrons. The van der Waals surface area contributed by atoms with Gasteiger partial charge in [-0.25, -0.2) is 0 Å². The van der Waals surface area contributed by atoms with Crippen LogP contribution >= 0.6 is 0 Å². The lowest BCUT2D eigenvalue weighted by molar-refractivity contribution is 0.0764. The van der Waals surface area contributed by atoms with Crippen molar-refractivity contribution in [1.82, 2.24) is 10.6 Å². The van der Waals surface area contributed by atoms with E-state index < -0.39 is 0 Å². The lowest BCUT2D eigenvalue weighted by Gasteiger charge is -2.10. The van der Waals surface area contributed by atoms with Gasteiger partial charge in [0.1, 0.15) is 36.4 Å². The number of hydrogen-bond acceptors (Lipinski definition) is 7. The molecule has 0 atom stereocenters. The van der Waals surface area contributed by atoms with E-state index in [0.29, 0.717) is 26.4 Å².